The number of hydrogen-bond donors (Lipinski definition) is 1. The number of halogens is 1. The van der Waals surface area contributed by atoms with Gasteiger partial charge in [0, 0.05) is 6.54 Å². The number of aromatic nitrogens is 2. The first-order valence-corrected chi connectivity index (χ1v) is 6.70. The molecule has 1 N–H and O–H groups in total. The average molecular weight is 315 g/mol. The number of imide groups is 1. The van der Waals surface area contributed by atoms with Gasteiger partial charge in [-0.25, -0.2) is 4.79 Å². The molecule has 98 valence electrons. The Hall–Kier alpha value is -1.37. The maximum absolute atomic E-state index is 11.6. The van der Waals surface area contributed by atoms with Gasteiger partial charge in [0.1, 0.15) is 0 Å². The van der Waals surface area contributed by atoms with Crippen LogP contribution in [0.3, 0.4) is 0 Å². The first-order valence-electron chi connectivity index (χ1n) is 5.90. The maximum Gasteiger partial charge on any atom is 0.324 e. The fraction of sp³-hybridized carbons (Fsp3) is 0.545. The number of rotatable bonds is 4. The number of aryl methyl sites for hydroxylation is 2. The lowest BCUT2D eigenvalue weighted by molar-refractivity contribution is -0.125. The Bertz CT molecular complexity index is 481. The molecule has 0 spiro atoms. The summed E-state index contributed by atoms with van der Waals surface area (Å²) in [6.45, 7) is 5.04. The predicted octanol–water partition coefficient (Wildman–Crippen LogP) is 1.28. The second kappa shape index (κ2) is 5.09. The first kappa shape index (κ1) is 13.1. The minimum Gasteiger partial charge on any atom is -0.329 e. The Morgan fingerprint density at radius 3 is 2.61 bits per heavy atom. The quantitative estimate of drug-likeness (QED) is 0.851. The third kappa shape index (κ3) is 2.14. The average Bonchev–Trinajstić information content (AvgIpc) is 2.84. The lowest BCUT2D eigenvalue weighted by Gasteiger charge is -2.13. The highest BCUT2D eigenvalue weighted by atomic mass is 79.9. The summed E-state index contributed by atoms with van der Waals surface area (Å²) in [6.07, 6.45) is 0.806. The van der Waals surface area contributed by atoms with E-state index in [4.69, 9.17) is 0 Å². The molecule has 1 saturated heterocycles. The Kier molecular flexibility index (Phi) is 3.70. The monoisotopic (exact) mass is 314 g/mol. The van der Waals surface area contributed by atoms with E-state index < -0.39 is 0 Å². The van der Waals surface area contributed by atoms with Gasteiger partial charge in [0.05, 0.1) is 29.0 Å². The Morgan fingerprint density at radius 2 is 2.11 bits per heavy atom. The van der Waals surface area contributed by atoms with E-state index >= 15 is 0 Å². The second-order valence-electron chi connectivity index (χ2n) is 4.02. The van der Waals surface area contributed by atoms with Crippen LogP contribution in [0.5, 0.6) is 0 Å². The SMILES string of the molecule is CCc1nn(CC)c(CN2C(=O)CNC2=O)c1Br. The van der Waals surface area contributed by atoms with Crippen molar-refractivity contribution in [3.63, 3.8) is 0 Å². The topological polar surface area (TPSA) is 67.2 Å². The molecule has 0 atom stereocenters. The van der Waals surface area contributed by atoms with E-state index in [9.17, 15) is 9.59 Å². The van der Waals surface area contributed by atoms with Gasteiger partial charge in [-0.3, -0.25) is 14.4 Å². The summed E-state index contributed by atoms with van der Waals surface area (Å²) < 4.78 is 2.71. The van der Waals surface area contributed by atoms with Gasteiger partial charge in [0.25, 0.3) is 0 Å². The van der Waals surface area contributed by atoms with Crippen LogP contribution in [0.2, 0.25) is 0 Å². The van der Waals surface area contributed by atoms with Crippen molar-refractivity contribution in [2.24, 2.45) is 0 Å². The van der Waals surface area contributed by atoms with Gasteiger partial charge in [-0.1, -0.05) is 6.92 Å². The van der Waals surface area contributed by atoms with Crippen molar-refractivity contribution in [1.82, 2.24) is 20.0 Å². The van der Waals surface area contributed by atoms with E-state index in [0.29, 0.717) is 6.54 Å². The Morgan fingerprint density at radius 1 is 1.39 bits per heavy atom. The van der Waals surface area contributed by atoms with Crippen molar-refractivity contribution < 1.29 is 9.59 Å². The molecule has 1 aliphatic rings. The molecule has 0 aliphatic carbocycles. The number of nitrogens with zero attached hydrogens (tertiary/aromatic N) is 3. The number of urea groups is 1. The molecule has 18 heavy (non-hydrogen) atoms. The summed E-state index contributed by atoms with van der Waals surface area (Å²) in [7, 11) is 0. The number of carbonyl (C=O) groups excluding carboxylic acids is 2. The smallest absolute Gasteiger partial charge is 0.324 e. The maximum atomic E-state index is 11.6. The Labute approximate surface area is 113 Å². The van der Waals surface area contributed by atoms with E-state index in [1.54, 1.807) is 0 Å². The first-order chi connectivity index (χ1) is 8.58. The molecule has 0 unspecified atom stereocenters. The van der Waals surface area contributed by atoms with Crippen molar-refractivity contribution in [3.8, 4) is 0 Å². The van der Waals surface area contributed by atoms with Crippen molar-refractivity contribution in [1.29, 1.82) is 0 Å². The largest absolute Gasteiger partial charge is 0.329 e. The molecular weight excluding hydrogens is 300 g/mol. The fourth-order valence-corrected chi connectivity index (χ4v) is 2.62. The van der Waals surface area contributed by atoms with E-state index in [-0.39, 0.29) is 25.0 Å². The van der Waals surface area contributed by atoms with Crippen LogP contribution in [-0.4, -0.2) is 33.2 Å². The van der Waals surface area contributed by atoms with Crippen LogP contribution in [0.25, 0.3) is 0 Å². The van der Waals surface area contributed by atoms with Crippen LogP contribution < -0.4 is 5.32 Å². The lowest BCUT2D eigenvalue weighted by Crippen LogP contribution is -2.31. The zero-order valence-corrected chi connectivity index (χ0v) is 12.0. The van der Waals surface area contributed by atoms with Crippen LogP contribution >= 0.6 is 15.9 Å². The standard InChI is InChI=1S/C11H15BrN4O2/c1-3-7-10(12)8(16(4-2)14-7)6-15-9(17)5-13-11(15)18/h3-6H2,1-2H3,(H,13,18). The van der Waals surface area contributed by atoms with Crippen LogP contribution in [0.15, 0.2) is 4.47 Å². The van der Waals surface area contributed by atoms with Gasteiger partial charge in [-0.05, 0) is 29.3 Å². The molecule has 7 heteroatoms. The van der Waals surface area contributed by atoms with Crippen LogP contribution in [0.1, 0.15) is 25.2 Å². The molecular formula is C11H15BrN4O2. The zero-order chi connectivity index (χ0) is 13.3. The molecule has 0 radical (unpaired) electrons. The summed E-state index contributed by atoms with van der Waals surface area (Å²) in [5.74, 6) is -0.200. The molecule has 1 fully saturated rings. The van der Waals surface area contributed by atoms with Crippen molar-refractivity contribution in [2.75, 3.05) is 6.54 Å². The van der Waals surface area contributed by atoms with Crippen LogP contribution in [-0.2, 0) is 24.3 Å². The van der Waals surface area contributed by atoms with E-state index in [2.05, 4.69) is 26.3 Å². The minimum atomic E-state index is -0.339. The van der Waals surface area contributed by atoms with Gasteiger partial charge in [-0.2, -0.15) is 5.10 Å². The Balaban J connectivity index is 2.30. The molecule has 2 rings (SSSR count). The molecule has 3 amide bonds. The number of amides is 3. The van der Waals surface area contributed by atoms with Gasteiger partial charge < -0.3 is 5.32 Å². The molecule has 6 nitrogen and oxygen atoms in total. The third-order valence-electron chi connectivity index (χ3n) is 2.94. The number of nitrogens with one attached hydrogen (secondary N) is 1. The normalized spacial score (nSPS) is 15.4. The molecule has 0 aromatic carbocycles. The lowest BCUT2D eigenvalue weighted by atomic mass is 10.3. The number of hydrogen-bond acceptors (Lipinski definition) is 3. The third-order valence-corrected chi connectivity index (χ3v) is 3.85. The molecule has 0 saturated carbocycles. The molecule has 2 heterocycles. The molecule has 1 aliphatic heterocycles. The summed E-state index contributed by atoms with van der Waals surface area (Å²) in [5, 5.41) is 6.95. The molecule has 1 aromatic heterocycles. The summed E-state index contributed by atoms with van der Waals surface area (Å²) >= 11 is 3.50. The van der Waals surface area contributed by atoms with Crippen LogP contribution in [0.4, 0.5) is 4.79 Å². The predicted molar refractivity (Wildman–Crippen MR) is 68.9 cm³/mol. The fourth-order valence-electron chi connectivity index (χ4n) is 1.93. The highest BCUT2D eigenvalue weighted by Gasteiger charge is 2.30. The van der Waals surface area contributed by atoms with E-state index in [1.807, 2.05) is 18.5 Å². The zero-order valence-electron chi connectivity index (χ0n) is 10.4. The highest BCUT2D eigenvalue weighted by molar-refractivity contribution is 9.10. The van der Waals surface area contributed by atoms with Crippen molar-refractivity contribution in [2.45, 2.75) is 33.4 Å². The molecule has 0 bridgehead atoms. The van der Waals surface area contributed by atoms with Gasteiger partial charge >= 0.3 is 6.03 Å². The van der Waals surface area contributed by atoms with Gasteiger partial charge in [0.2, 0.25) is 5.91 Å². The van der Waals surface area contributed by atoms with Gasteiger partial charge in [0.15, 0.2) is 0 Å². The van der Waals surface area contributed by atoms with Crippen LogP contribution in [0, 0.1) is 0 Å². The van der Waals surface area contributed by atoms with Crippen molar-refractivity contribution >= 4 is 27.9 Å². The van der Waals surface area contributed by atoms with Gasteiger partial charge in [-0.15, -0.1) is 0 Å². The second-order valence-corrected chi connectivity index (χ2v) is 4.81. The van der Waals surface area contributed by atoms with Crippen molar-refractivity contribution in [3.05, 3.63) is 15.9 Å². The van der Waals surface area contributed by atoms with E-state index in [0.717, 1.165) is 22.3 Å². The van der Waals surface area contributed by atoms with E-state index in [1.165, 1.54) is 4.90 Å². The minimum absolute atomic E-state index is 0.0807. The summed E-state index contributed by atoms with van der Waals surface area (Å²) in [6, 6.07) is -0.339. The summed E-state index contributed by atoms with van der Waals surface area (Å²) in [5.41, 5.74) is 1.80. The highest BCUT2D eigenvalue weighted by Crippen LogP contribution is 2.24. The number of carbonyl (C=O) groups is 2. The molecule has 1 aromatic rings. The summed E-state index contributed by atoms with van der Waals surface area (Å²) in [4.78, 5) is 24.3.